The van der Waals surface area contributed by atoms with Crippen molar-refractivity contribution in [3.63, 3.8) is 0 Å². The Labute approximate surface area is 150 Å². The van der Waals surface area contributed by atoms with Gasteiger partial charge in [0.1, 0.15) is 5.82 Å². The van der Waals surface area contributed by atoms with Crippen molar-refractivity contribution in [2.45, 2.75) is 65.0 Å². The summed E-state index contributed by atoms with van der Waals surface area (Å²) in [5, 5.41) is 0. The number of piperidine rings is 1. The first-order valence-electron chi connectivity index (χ1n) is 9.59. The molecule has 4 heteroatoms. The summed E-state index contributed by atoms with van der Waals surface area (Å²) in [5.74, 6) is 0.677. The molecular formula is C21H29N3O. The van der Waals surface area contributed by atoms with E-state index in [-0.39, 0.29) is 5.56 Å². The van der Waals surface area contributed by atoms with Crippen LogP contribution in [0.1, 0.15) is 57.2 Å². The zero-order valence-corrected chi connectivity index (χ0v) is 15.4. The minimum atomic E-state index is -0.0673. The van der Waals surface area contributed by atoms with E-state index in [2.05, 4.69) is 53.0 Å². The van der Waals surface area contributed by atoms with Crippen LogP contribution in [-0.2, 0) is 13.0 Å². The number of benzene rings is 1. The molecule has 1 saturated heterocycles. The number of hydrogen-bond donors (Lipinski definition) is 1. The molecule has 0 amide bonds. The monoisotopic (exact) mass is 339 g/mol. The number of hydrogen-bond acceptors (Lipinski definition) is 3. The highest BCUT2D eigenvalue weighted by molar-refractivity contribution is 5.55. The van der Waals surface area contributed by atoms with Gasteiger partial charge in [0.2, 0.25) is 0 Å². The van der Waals surface area contributed by atoms with Crippen molar-refractivity contribution < 1.29 is 0 Å². The Bertz CT molecular complexity index is 736. The lowest BCUT2D eigenvalue weighted by Gasteiger charge is -2.33. The molecule has 1 N–H and O–H groups in total. The number of aromatic amines is 1. The quantitative estimate of drug-likeness (QED) is 0.860. The number of likely N-dealkylation sites (tertiary alicyclic amines) is 1. The van der Waals surface area contributed by atoms with Gasteiger partial charge in [0.25, 0.3) is 5.56 Å². The molecule has 1 fully saturated rings. The largest absolute Gasteiger partial charge is 0.307 e. The van der Waals surface area contributed by atoms with Crippen molar-refractivity contribution in [2.24, 2.45) is 0 Å². The Morgan fingerprint density at radius 3 is 2.76 bits per heavy atom. The first-order chi connectivity index (χ1) is 12.2. The summed E-state index contributed by atoms with van der Waals surface area (Å²) in [6.07, 6.45) is 6.98. The molecule has 1 aliphatic heterocycles. The highest BCUT2D eigenvalue weighted by Crippen LogP contribution is 2.21. The first-order valence-corrected chi connectivity index (χ1v) is 9.59. The van der Waals surface area contributed by atoms with E-state index < -0.39 is 0 Å². The summed E-state index contributed by atoms with van der Waals surface area (Å²) >= 11 is 0. The lowest BCUT2D eigenvalue weighted by molar-refractivity contribution is 0.152. The van der Waals surface area contributed by atoms with Crippen molar-refractivity contribution in [1.82, 2.24) is 14.9 Å². The highest BCUT2D eigenvalue weighted by atomic mass is 16.1. The van der Waals surface area contributed by atoms with Crippen LogP contribution in [0, 0.1) is 0 Å². The number of aryl methyl sites for hydroxylation is 1. The van der Waals surface area contributed by atoms with Crippen LogP contribution in [0.15, 0.2) is 35.1 Å². The fraction of sp³-hybridized carbons (Fsp3) is 0.524. The first kappa shape index (κ1) is 17.9. The van der Waals surface area contributed by atoms with Crippen LogP contribution in [0.3, 0.4) is 0 Å². The fourth-order valence-electron chi connectivity index (χ4n) is 3.53. The molecular weight excluding hydrogens is 310 g/mol. The van der Waals surface area contributed by atoms with E-state index in [0.717, 1.165) is 37.1 Å². The molecule has 25 heavy (non-hydrogen) atoms. The van der Waals surface area contributed by atoms with Crippen LogP contribution in [-0.4, -0.2) is 27.5 Å². The average molecular weight is 339 g/mol. The normalized spacial score (nSPS) is 18.4. The van der Waals surface area contributed by atoms with Crippen LogP contribution < -0.4 is 5.56 Å². The Morgan fingerprint density at radius 1 is 1.24 bits per heavy atom. The minimum Gasteiger partial charge on any atom is -0.307 e. The number of aromatic nitrogens is 2. The lowest BCUT2D eigenvalue weighted by Crippen LogP contribution is -2.36. The van der Waals surface area contributed by atoms with Crippen molar-refractivity contribution >= 4 is 0 Å². The van der Waals surface area contributed by atoms with Crippen LogP contribution >= 0.6 is 0 Å². The third-order valence-electron chi connectivity index (χ3n) is 5.13. The standard InChI is InChI=1S/C21H29N3O/c1-3-4-8-19-14-20(25)23-21(22-19)18-11-9-17(10-12-18)15-24-13-6-5-7-16(24)2/h9-12,14,16H,3-8,13,15H2,1-2H3,(H,22,23,25)/t16-/m1/s1. The Kier molecular flexibility index (Phi) is 6.03. The second-order valence-electron chi connectivity index (χ2n) is 7.20. The third kappa shape index (κ3) is 4.79. The summed E-state index contributed by atoms with van der Waals surface area (Å²) in [4.78, 5) is 22.0. The summed E-state index contributed by atoms with van der Waals surface area (Å²) < 4.78 is 0. The van der Waals surface area contributed by atoms with Gasteiger partial charge in [-0.1, -0.05) is 44.0 Å². The molecule has 0 radical (unpaired) electrons. The summed E-state index contributed by atoms with van der Waals surface area (Å²) in [7, 11) is 0. The van der Waals surface area contributed by atoms with Crippen molar-refractivity contribution in [1.29, 1.82) is 0 Å². The van der Waals surface area contributed by atoms with Crippen LogP contribution in [0.5, 0.6) is 0 Å². The second-order valence-corrected chi connectivity index (χ2v) is 7.20. The Morgan fingerprint density at radius 2 is 2.04 bits per heavy atom. The number of unbranched alkanes of at least 4 members (excludes halogenated alkanes) is 1. The van der Waals surface area contributed by atoms with E-state index in [9.17, 15) is 4.79 Å². The fourth-order valence-corrected chi connectivity index (χ4v) is 3.53. The van der Waals surface area contributed by atoms with Crippen molar-refractivity contribution in [3.8, 4) is 11.4 Å². The molecule has 3 rings (SSSR count). The summed E-state index contributed by atoms with van der Waals surface area (Å²) in [5.41, 5.74) is 3.11. The third-order valence-corrected chi connectivity index (χ3v) is 5.13. The number of nitrogens with zero attached hydrogens (tertiary/aromatic N) is 2. The van der Waals surface area contributed by atoms with E-state index in [4.69, 9.17) is 0 Å². The van der Waals surface area contributed by atoms with E-state index in [1.54, 1.807) is 6.07 Å². The van der Waals surface area contributed by atoms with Crippen LogP contribution in [0.4, 0.5) is 0 Å². The molecule has 134 valence electrons. The zero-order chi connectivity index (χ0) is 17.6. The Balaban J connectivity index is 1.73. The molecule has 1 aromatic carbocycles. The van der Waals surface area contributed by atoms with Gasteiger partial charge in [-0.05, 0) is 44.7 Å². The molecule has 0 aliphatic carbocycles. The number of nitrogens with one attached hydrogen (secondary N) is 1. The molecule has 0 spiro atoms. The van der Waals surface area contributed by atoms with Gasteiger partial charge in [-0.25, -0.2) is 4.98 Å². The summed E-state index contributed by atoms with van der Waals surface area (Å²) in [6.45, 7) is 6.67. The molecule has 2 aromatic rings. The van der Waals surface area contributed by atoms with E-state index in [0.29, 0.717) is 11.9 Å². The predicted molar refractivity (Wildman–Crippen MR) is 103 cm³/mol. The van der Waals surface area contributed by atoms with Gasteiger partial charge in [0, 0.05) is 29.9 Å². The van der Waals surface area contributed by atoms with Gasteiger partial charge in [0.05, 0.1) is 0 Å². The molecule has 1 aromatic heterocycles. The maximum absolute atomic E-state index is 11.9. The molecule has 2 heterocycles. The topological polar surface area (TPSA) is 49.0 Å². The molecule has 0 unspecified atom stereocenters. The molecule has 1 aliphatic rings. The maximum Gasteiger partial charge on any atom is 0.251 e. The SMILES string of the molecule is CCCCc1cc(=O)[nH]c(-c2ccc(CN3CCCC[C@H]3C)cc2)n1. The maximum atomic E-state index is 11.9. The lowest BCUT2D eigenvalue weighted by atomic mass is 10.0. The smallest absolute Gasteiger partial charge is 0.251 e. The van der Waals surface area contributed by atoms with Gasteiger partial charge < -0.3 is 4.98 Å². The zero-order valence-electron chi connectivity index (χ0n) is 15.4. The highest BCUT2D eigenvalue weighted by Gasteiger charge is 2.18. The molecule has 0 bridgehead atoms. The van der Waals surface area contributed by atoms with Gasteiger partial charge in [-0.15, -0.1) is 0 Å². The molecule has 0 saturated carbocycles. The molecule has 1 atom stereocenters. The molecule has 4 nitrogen and oxygen atoms in total. The van der Waals surface area contributed by atoms with Crippen molar-refractivity contribution in [3.05, 3.63) is 51.9 Å². The number of rotatable bonds is 6. The number of H-pyrrole nitrogens is 1. The summed E-state index contributed by atoms with van der Waals surface area (Å²) in [6, 6.07) is 10.8. The van der Waals surface area contributed by atoms with Gasteiger partial charge in [0.15, 0.2) is 0 Å². The van der Waals surface area contributed by atoms with Crippen molar-refractivity contribution in [2.75, 3.05) is 6.54 Å². The van der Waals surface area contributed by atoms with Gasteiger partial charge in [-0.2, -0.15) is 0 Å². The Hall–Kier alpha value is -1.94. The van der Waals surface area contributed by atoms with E-state index >= 15 is 0 Å². The van der Waals surface area contributed by atoms with E-state index in [1.165, 1.54) is 31.4 Å². The van der Waals surface area contributed by atoms with Gasteiger partial charge in [-0.3, -0.25) is 9.69 Å². The second kappa shape index (κ2) is 8.43. The van der Waals surface area contributed by atoms with Crippen LogP contribution in [0.2, 0.25) is 0 Å². The average Bonchev–Trinajstić information content (AvgIpc) is 2.62. The minimum absolute atomic E-state index is 0.0673. The van der Waals surface area contributed by atoms with E-state index in [1.807, 2.05) is 0 Å². The predicted octanol–water partition coefficient (Wildman–Crippen LogP) is 4.15. The van der Waals surface area contributed by atoms with Gasteiger partial charge >= 0.3 is 0 Å². The van der Waals surface area contributed by atoms with Crippen LogP contribution in [0.25, 0.3) is 11.4 Å².